The molecule has 0 aliphatic carbocycles. The Morgan fingerprint density at radius 2 is 1.67 bits per heavy atom. The first kappa shape index (κ1) is 16.7. The smallest absolute Gasteiger partial charge is 0.320 e. The standard InChI is InChI=1S/C17H20FN3O2S/c1-19-12-4-5-13-20-16-6-2-3-7-17(16)21(24(20,22)23)15-10-8-14(18)9-11-15/h2-3,6-11,19H,4-5,12-13H2,1H3. The Balaban J connectivity index is 1.97. The molecule has 24 heavy (non-hydrogen) atoms. The molecule has 3 rings (SSSR count). The van der Waals surface area contributed by atoms with Crippen molar-refractivity contribution in [2.24, 2.45) is 0 Å². The van der Waals surface area contributed by atoms with Crippen molar-refractivity contribution in [3.63, 3.8) is 0 Å². The van der Waals surface area contributed by atoms with E-state index >= 15 is 0 Å². The zero-order valence-corrected chi connectivity index (χ0v) is 14.3. The number of hydrogen-bond acceptors (Lipinski definition) is 3. The summed E-state index contributed by atoms with van der Waals surface area (Å²) >= 11 is 0. The van der Waals surface area contributed by atoms with Crippen LogP contribution in [0.25, 0.3) is 0 Å². The van der Waals surface area contributed by atoms with Crippen LogP contribution < -0.4 is 13.9 Å². The molecule has 2 aromatic rings. The van der Waals surface area contributed by atoms with Gasteiger partial charge < -0.3 is 5.32 Å². The molecule has 1 N–H and O–H groups in total. The molecule has 5 nitrogen and oxygen atoms in total. The summed E-state index contributed by atoms with van der Waals surface area (Å²) in [5.74, 6) is -0.396. The molecule has 0 amide bonds. The van der Waals surface area contributed by atoms with Crippen molar-refractivity contribution in [1.82, 2.24) is 5.32 Å². The lowest BCUT2D eigenvalue weighted by Crippen LogP contribution is -2.36. The Hall–Kier alpha value is -2.12. The van der Waals surface area contributed by atoms with Crippen molar-refractivity contribution >= 4 is 27.3 Å². The number of unbranched alkanes of at least 4 members (excludes halogenated alkanes) is 1. The molecule has 0 bridgehead atoms. The zero-order valence-electron chi connectivity index (χ0n) is 13.4. The minimum absolute atomic E-state index is 0.396. The van der Waals surface area contributed by atoms with Gasteiger partial charge in [0.15, 0.2) is 0 Å². The van der Waals surface area contributed by atoms with Gasteiger partial charge in [-0.05, 0) is 62.8 Å². The zero-order chi connectivity index (χ0) is 17.2. The fourth-order valence-corrected chi connectivity index (χ4v) is 4.59. The lowest BCUT2D eigenvalue weighted by atomic mass is 10.2. The number of benzene rings is 2. The lowest BCUT2D eigenvalue weighted by Gasteiger charge is -2.21. The molecule has 2 aromatic carbocycles. The normalized spacial score (nSPS) is 15.6. The quantitative estimate of drug-likeness (QED) is 0.816. The SMILES string of the molecule is CNCCCCN1c2ccccc2N(c2ccc(F)cc2)S1(=O)=O. The van der Waals surface area contributed by atoms with Gasteiger partial charge in [0, 0.05) is 6.54 Å². The number of rotatable bonds is 6. The summed E-state index contributed by atoms with van der Waals surface area (Å²) in [5.41, 5.74) is 1.69. The maximum absolute atomic E-state index is 13.2. The second kappa shape index (κ2) is 6.78. The van der Waals surface area contributed by atoms with Crippen LogP contribution in [0.1, 0.15) is 12.8 Å². The van der Waals surface area contributed by atoms with E-state index in [0.717, 1.165) is 19.4 Å². The Labute approximate surface area is 141 Å². The summed E-state index contributed by atoms with van der Waals surface area (Å²) in [6.45, 7) is 1.26. The fourth-order valence-electron chi connectivity index (χ4n) is 2.84. The maximum atomic E-state index is 13.2. The Bertz CT molecular complexity index is 809. The van der Waals surface area contributed by atoms with E-state index in [9.17, 15) is 12.8 Å². The van der Waals surface area contributed by atoms with Gasteiger partial charge >= 0.3 is 10.2 Å². The van der Waals surface area contributed by atoms with Gasteiger partial charge in [-0.2, -0.15) is 8.42 Å². The fraction of sp³-hybridized carbons (Fsp3) is 0.294. The van der Waals surface area contributed by atoms with E-state index in [1.54, 1.807) is 18.2 Å². The van der Waals surface area contributed by atoms with Crippen LogP contribution in [0.4, 0.5) is 21.5 Å². The number of para-hydroxylation sites is 2. The third-order valence-corrected chi connectivity index (χ3v) is 5.78. The van der Waals surface area contributed by atoms with E-state index in [1.807, 2.05) is 13.1 Å². The van der Waals surface area contributed by atoms with Crippen LogP contribution in [0, 0.1) is 5.82 Å². The molecular weight excluding hydrogens is 329 g/mol. The summed E-state index contributed by atoms with van der Waals surface area (Å²) in [6.07, 6.45) is 1.65. The largest absolute Gasteiger partial charge is 0.330 e. The average molecular weight is 349 g/mol. The van der Waals surface area contributed by atoms with Crippen molar-refractivity contribution in [3.8, 4) is 0 Å². The average Bonchev–Trinajstić information content (AvgIpc) is 2.79. The highest BCUT2D eigenvalue weighted by Gasteiger charge is 2.40. The van der Waals surface area contributed by atoms with Gasteiger partial charge in [0.25, 0.3) is 0 Å². The van der Waals surface area contributed by atoms with Crippen LogP contribution in [-0.2, 0) is 10.2 Å². The second-order valence-corrected chi connectivity index (χ2v) is 7.32. The van der Waals surface area contributed by atoms with Gasteiger partial charge in [-0.1, -0.05) is 12.1 Å². The van der Waals surface area contributed by atoms with Gasteiger partial charge in [0.2, 0.25) is 0 Å². The molecule has 1 aliphatic heterocycles. The van der Waals surface area contributed by atoms with Crippen molar-refractivity contribution in [2.75, 3.05) is 28.7 Å². The predicted octanol–water partition coefficient (Wildman–Crippen LogP) is 3.03. The van der Waals surface area contributed by atoms with Crippen LogP contribution in [0.3, 0.4) is 0 Å². The number of nitrogens with zero attached hydrogens (tertiary/aromatic N) is 2. The molecular formula is C17H20FN3O2S. The van der Waals surface area contributed by atoms with E-state index in [4.69, 9.17) is 0 Å². The van der Waals surface area contributed by atoms with Gasteiger partial charge in [0.1, 0.15) is 5.82 Å². The molecule has 0 atom stereocenters. The molecule has 0 aromatic heterocycles. The summed E-state index contributed by atoms with van der Waals surface area (Å²) in [6, 6.07) is 12.7. The Morgan fingerprint density at radius 1 is 1.00 bits per heavy atom. The van der Waals surface area contributed by atoms with Gasteiger partial charge in [-0.3, -0.25) is 4.31 Å². The number of hydrogen-bond donors (Lipinski definition) is 1. The first-order valence-electron chi connectivity index (χ1n) is 7.88. The minimum atomic E-state index is -3.72. The van der Waals surface area contributed by atoms with Crippen LogP contribution in [-0.4, -0.2) is 28.6 Å². The van der Waals surface area contributed by atoms with E-state index < -0.39 is 16.0 Å². The van der Waals surface area contributed by atoms with Crippen LogP contribution >= 0.6 is 0 Å². The molecule has 7 heteroatoms. The predicted molar refractivity (Wildman–Crippen MR) is 94.4 cm³/mol. The van der Waals surface area contributed by atoms with Crippen molar-refractivity contribution < 1.29 is 12.8 Å². The highest BCUT2D eigenvalue weighted by molar-refractivity contribution is 7.95. The highest BCUT2D eigenvalue weighted by Crippen LogP contribution is 2.45. The lowest BCUT2D eigenvalue weighted by molar-refractivity contribution is 0.589. The highest BCUT2D eigenvalue weighted by atomic mass is 32.2. The first-order valence-corrected chi connectivity index (χ1v) is 9.27. The number of anilines is 3. The van der Waals surface area contributed by atoms with Crippen molar-refractivity contribution in [1.29, 1.82) is 0 Å². The number of fused-ring (bicyclic) bond motifs is 1. The summed E-state index contributed by atoms with van der Waals surface area (Å²) < 4.78 is 42.0. The molecule has 0 saturated heterocycles. The third kappa shape index (κ3) is 2.97. The molecule has 128 valence electrons. The third-order valence-electron chi connectivity index (χ3n) is 3.98. The van der Waals surface area contributed by atoms with Gasteiger partial charge in [-0.25, -0.2) is 8.70 Å². The summed E-state index contributed by atoms with van der Waals surface area (Å²) in [5, 5.41) is 3.06. The van der Waals surface area contributed by atoms with E-state index in [0.29, 0.717) is 23.6 Å². The topological polar surface area (TPSA) is 52.6 Å². The van der Waals surface area contributed by atoms with Crippen molar-refractivity contribution in [2.45, 2.75) is 12.8 Å². The Kier molecular flexibility index (Phi) is 4.73. The van der Waals surface area contributed by atoms with E-state index in [1.165, 1.54) is 32.9 Å². The molecule has 0 fully saturated rings. The van der Waals surface area contributed by atoms with Crippen molar-refractivity contribution in [3.05, 3.63) is 54.3 Å². The Morgan fingerprint density at radius 3 is 2.33 bits per heavy atom. The number of halogens is 1. The minimum Gasteiger partial charge on any atom is -0.320 e. The molecule has 0 unspecified atom stereocenters. The monoisotopic (exact) mass is 349 g/mol. The molecule has 0 saturated carbocycles. The van der Waals surface area contributed by atoms with Crippen LogP contribution in [0.15, 0.2) is 48.5 Å². The first-order chi connectivity index (χ1) is 11.6. The maximum Gasteiger partial charge on any atom is 0.330 e. The van der Waals surface area contributed by atoms with Gasteiger partial charge in [-0.15, -0.1) is 0 Å². The summed E-state index contributed by atoms with van der Waals surface area (Å²) in [7, 11) is -1.84. The van der Waals surface area contributed by atoms with Crippen LogP contribution in [0.2, 0.25) is 0 Å². The molecule has 0 spiro atoms. The molecule has 1 aliphatic rings. The van der Waals surface area contributed by atoms with Gasteiger partial charge in [0.05, 0.1) is 17.1 Å². The second-order valence-electron chi connectivity index (χ2n) is 5.62. The van der Waals surface area contributed by atoms with Crippen LogP contribution in [0.5, 0.6) is 0 Å². The van der Waals surface area contributed by atoms with E-state index in [2.05, 4.69) is 5.32 Å². The van der Waals surface area contributed by atoms with E-state index in [-0.39, 0.29) is 0 Å². The molecule has 0 radical (unpaired) electrons. The summed E-state index contributed by atoms with van der Waals surface area (Å²) in [4.78, 5) is 0. The number of nitrogens with one attached hydrogen (secondary N) is 1. The molecule has 1 heterocycles.